The van der Waals surface area contributed by atoms with Gasteiger partial charge in [-0.1, -0.05) is 6.07 Å². The molecule has 0 spiro atoms. The van der Waals surface area contributed by atoms with Crippen molar-refractivity contribution in [2.45, 2.75) is 11.4 Å². The highest BCUT2D eigenvalue weighted by Gasteiger charge is 2.25. The molecule has 0 aliphatic carbocycles. The minimum absolute atomic E-state index is 0.157. The lowest BCUT2D eigenvalue weighted by Crippen LogP contribution is -2.33. The normalized spacial score (nSPS) is 12.2. The number of nitrogens with zero attached hydrogens (tertiary/aromatic N) is 2. The summed E-state index contributed by atoms with van der Waals surface area (Å²) in [6.45, 7) is 1.34. The van der Waals surface area contributed by atoms with Gasteiger partial charge in [-0.2, -0.15) is 4.31 Å². The van der Waals surface area contributed by atoms with Crippen LogP contribution in [0.2, 0.25) is 0 Å². The van der Waals surface area contributed by atoms with E-state index in [1.807, 2.05) is 19.0 Å². The Hall–Kier alpha value is -1.15. The van der Waals surface area contributed by atoms with Gasteiger partial charge in [0.25, 0.3) is 0 Å². The number of sulfonamides is 1. The van der Waals surface area contributed by atoms with Gasteiger partial charge in [-0.15, -0.1) is 0 Å². The molecular weight excluding hydrogens is 278 g/mol. The summed E-state index contributed by atoms with van der Waals surface area (Å²) in [7, 11) is 3.23. The van der Waals surface area contributed by atoms with Gasteiger partial charge in [-0.05, 0) is 31.8 Å². The van der Waals surface area contributed by atoms with Crippen LogP contribution in [0.5, 0.6) is 5.75 Å². The van der Waals surface area contributed by atoms with Gasteiger partial charge in [0.15, 0.2) is 0 Å². The Morgan fingerprint density at radius 1 is 1.20 bits per heavy atom. The number of ether oxygens (including phenoxy) is 1. The Balaban J connectivity index is 3.13. The lowest BCUT2D eigenvalue weighted by molar-refractivity contribution is 0.356. The first-order chi connectivity index (χ1) is 9.32. The topological polar surface area (TPSA) is 75.9 Å². The standard InChI is InChI=1S/C13H23N3O3S/c1-15(2)7-8-16(3)20(17,18)13-9-11(10-14)5-6-12(13)19-4/h5-6,9H,7-8,10,14H2,1-4H3. The number of nitrogens with two attached hydrogens (primary N) is 1. The van der Waals surface area contributed by atoms with E-state index < -0.39 is 10.0 Å². The molecule has 2 N–H and O–H groups in total. The molecule has 0 heterocycles. The second-order valence-electron chi connectivity index (χ2n) is 4.82. The van der Waals surface area contributed by atoms with Crippen molar-refractivity contribution < 1.29 is 13.2 Å². The molecule has 7 heteroatoms. The predicted octanol–water partition coefficient (Wildman–Crippen LogP) is 0.336. The number of benzene rings is 1. The smallest absolute Gasteiger partial charge is 0.246 e. The van der Waals surface area contributed by atoms with Crippen molar-refractivity contribution in [3.05, 3.63) is 23.8 Å². The predicted molar refractivity (Wildman–Crippen MR) is 79.3 cm³/mol. The second kappa shape index (κ2) is 7.03. The molecule has 0 aromatic heterocycles. The van der Waals surface area contributed by atoms with Crippen LogP contribution in [0.1, 0.15) is 5.56 Å². The maximum atomic E-state index is 12.6. The second-order valence-corrected chi connectivity index (χ2v) is 6.83. The first kappa shape index (κ1) is 16.9. The SMILES string of the molecule is COc1ccc(CN)cc1S(=O)(=O)N(C)CCN(C)C. The minimum atomic E-state index is -3.58. The molecule has 0 aliphatic rings. The molecule has 0 saturated carbocycles. The molecule has 6 nitrogen and oxygen atoms in total. The van der Waals surface area contributed by atoms with E-state index in [1.165, 1.54) is 11.4 Å². The molecular formula is C13H23N3O3S. The van der Waals surface area contributed by atoms with Crippen LogP contribution in [0, 0.1) is 0 Å². The largest absolute Gasteiger partial charge is 0.495 e. The molecule has 114 valence electrons. The fraction of sp³-hybridized carbons (Fsp3) is 0.538. The monoisotopic (exact) mass is 301 g/mol. The third-order valence-electron chi connectivity index (χ3n) is 3.01. The summed E-state index contributed by atoms with van der Waals surface area (Å²) in [6, 6.07) is 4.97. The molecule has 0 aliphatic heterocycles. The van der Waals surface area contributed by atoms with E-state index in [4.69, 9.17) is 10.5 Å². The highest BCUT2D eigenvalue weighted by Crippen LogP contribution is 2.27. The van der Waals surface area contributed by atoms with Gasteiger partial charge in [0, 0.05) is 26.7 Å². The van der Waals surface area contributed by atoms with E-state index in [0.717, 1.165) is 5.56 Å². The molecule has 1 aromatic carbocycles. The van der Waals surface area contributed by atoms with E-state index in [9.17, 15) is 8.42 Å². The van der Waals surface area contributed by atoms with E-state index in [1.54, 1.807) is 25.2 Å². The van der Waals surface area contributed by atoms with Crippen LogP contribution >= 0.6 is 0 Å². The van der Waals surface area contributed by atoms with Crippen LogP contribution < -0.4 is 10.5 Å². The van der Waals surface area contributed by atoms with Gasteiger partial charge in [-0.3, -0.25) is 0 Å². The molecule has 0 radical (unpaired) electrons. The van der Waals surface area contributed by atoms with Crippen molar-refractivity contribution in [1.29, 1.82) is 0 Å². The summed E-state index contributed by atoms with van der Waals surface area (Å²) in [5, 5.41) is 0. The number of likely N-dealkylation sites (N-methyl/N-ethyl adjacent to an activating group) is 2. The number of rotatable bonds is 7. The number of hydrogen-bond acceptors (Lipinski definition) is 5. The van der Waals surface area contributed by atoms with Crippen molar-refractivity contribution in [2.24, 2.45) is 5.73 Å². The minimum Gasteiger partial charge on any atom is -0.495 e. The fourth-order valence-electron chi connectivity index (χ4n) is 1.68. The third kappa shape index (κ3) is 3.92. The van der Waals surface area contributed by atoms with Gasteiger partial charge in [0.2, 0.25) is 10.0 Å². The van der Waals surface area contributed by atoms with Crippen LogP contribution in [0.4, 0.5) is 0 Å². The van der Waals surface area contributed by atoms with Crippen molar-refractivity contribution >= 4 is 10.0 Å². The van der Waals surface area contributed by atoms with Crippen molar-refractivity contribution in [3.63, 3.8) is 0 Å². The highest BCUT2D eigenvalue weighted by atomic mass is 32.2. The summed E-state index contributed by atoms with van der Waals surface area (Å²) in [5.41, 5.74) is 6.33. The highest BCUT2D eigenvalue weighted by molar-refractivity contribution is 7.89. The van der Waals surface area contributed by atoms with E-state index in [0.29, 0.717) is 18.8 Å². The molecule has 0 amide bonds. The Labute approximate surface area is 121 Å². The van der Waals surface area contributed by atoms with E-state index in [-0.39, 0.29) is 11.4 Å². The quantitative estimate of drug-likeness (QED) is 0.786. The van der Waals surface area contributed by atoms with Crippen LogP contribution in [-0.2, 0) is 16.6 Å². The van der Waals surface area contributed by atoms with Crippen molar-refractivity contribution in [3.8, 4) is 5.75 Å². The lowest BCUT2D eigenvalue weighted by Gasteiger charge is -2.21. The van der Waals surface area contributed by atoms with Crippen molar-refractivity contribution in [2.75, 3.05) is 41.3 Å². The molecule has 0 saturated heterocycles. The van der Waals surface area contributed by atoms with Gasteiger partial charge in [0.1, 0.15) is 10.6 Å². The number of methoxy groups -OCH3 is 1. The summed E-state index contributed by atoms with van der Waals surface area (Å²) >= 11 is 0. The zero-order chi connectivity index (χ0) is 15.3. The van der Waals surface area contributed by atoms with Gasteiger partial charge in [0.05, 0.1) is 7.11 Å². The average molecular weight is 301 g/mol. The summed E-state index contributed by atoms with van der Waals surface area (Å²) in [6.07, 6.45) is 0. The van der Waals surface area contributed by atoms with Gasteiger partial charge >= 0.3 is 0 Å². The maximum Gasteiger partial charge on any atom is 0.246 e. The third-order valence-corrected chi connectivity index (χ3v) is 4.89. The molecule has 0 atom stereocenters. The Morgan fingerprint density at radius 2 is 1.85 bits per heavy atom. The first-order valence-electron chi connectivity index (χ1n) is 6.31. The average Bonchev–Trinajstić information content (AvgIpc) is 2.43. The van der Waals surface area contributed by atoms with Crippen molar-refractivity contribution in [1.82, 2.24) is 9.21 Å². The Kier molecular flexibility index (Phi) is 5.94. The summed E-state index contributed by atoms with van der Waals surface area (Å²) < 4.78 is 31.6. The van der Waals surface area contributed by atoms with Crippen LogP contribution in [0.25, 0.3) is 0 Å². The number of hydrogen-bond donors (Lipinski definition) is 1. The fourth-order valence-corrected chi connectivity index (χ4v) is 3.04. The molecule has 0 unspecified atom stereocenters. The zero-order valence-electron chi connectivity index (χ0n) is 12.5. The lowest BCUT2D eigenvalue weighted by atomic mass is 10.2. The van der Waals surface area contributed by atoms with Crippen LogP contribution in [0.3, 0.4) is 0 Å². The molecule has 1 rings (SSSR count). The summed E-state index contributed by atoms with van der Waals surface area (Å²) in [5.74, 6) is 0.332. The summed E-state index contributed by atoms with van der Waals surface area (Å²) in [4.78, 5) is 2.09. The molecule has 0 bridgehead atoms. The van der Waals surface area contributed by atoms with Crippen LogP contribution in [0.15, 0.2) is 23.1 Å². The molecule has 20 heavy (non-hydrogen) atoms. The van der Waals surface area contributed by atoms with Gasteiger partial charge < -0.3 is 15.4 Å². The van der Waals surface area contributed by atoms with E-state index in [2.05, 4.69) is 0 Å². The zero-order valence-corrected chi connectivity index (χ0v) is 13.3. The maximum absolute atomic E-state index is 12.6. The van der Waals surface area contributed by atoms with Crippen LogP contribution in [-0.4, -0.2) is 59.0 Å². The first-order valence-corrected chi connectivity index (χ1v) is 7.75. The Morgan fingerprint density at radius 3 is 2.35 bits per heavy atom. The molecule has 0 fully saturated rings. The Bertz CT molecular complexity index is 544. The molecule has 1 aromatic rings. The van der Waals surface area contributed by atoms with Gasteiger partial charge in [-0.25, -0.2) is 8.42 Å². The van der Waals surface area contributed by atoms with E-state index >= 15 is 0 Å².